The van der Waals surface area contributed by atoms with E-state index in [0.29, 0.717) is 11.2 Å². The van der Waals surface area contributed by atoms with Gasteiger partial charge in [-0.1, -0.05) is 12.1 Å². The summed E-state index contributed by atoms with van der Waals surface area (Å²) in [7, 11) is 1.73. The molecule has 19 heavy (non-hydrogen) atoms. The van der Waals surface area contributed by atoms with Gasteiger partial charge in [-0.05, 0) is 43.4 Å². The van der Waals surface area contributed by atoms with Gasteiger partial charge < -0.3 is 9.47 Å². The molecule has 2 nitrogen and oxygen atoms in total. The molecule has 2 atom stereocenters. The van der Waals surface area contributed by atoms with Crippen LogP contribution in [0.25, 0.3) is 0 Å². The quantitative estimate of drug-likeness (QED) is 0.597. The highest BCUT2D eigenvalue weighted by atomic mass is 32.2. The lowest BCUT2D eigenvalue weighted by molar-refractivity contribution is 0.0578. The van der Waals surface area contributed by atoms with Gasteiger partial charge in [-0.15, -0.1) is 18.3 Å². The molecular formula is C16H22O2S. The van der Waals surface area contributed by atoms with Crippen LogP contribution in [0, 0.1) is 12.8 Å². The molecule has 3 heteroatoms. The molecule has 1 aliphatic rings. The highest BCUT2D eigenvalue weighted by molar-refractivity contribution is 8.00. The molecule has 1 heterocycles. The average Bonchev–Trinajstić information content (AvgIpc) is 2.46. The maximum Gasteiger partial charge on any atom is 0.132 e. The van der Waals surface area contributed by atoms with Crippen molar-refractivity contribution < 1.29 is 9.47 Å². The molecule has 0 N–H and O–H groups in total. The van der Waals surface area contributed by atoms with Gasteiger partial charge in [-0.25, -0.2) is 0 Å². The third-order valence-corrected chi connectivity index (χ3v) is 4.92. The van der Waals surface area contributed by atoms with Crippen molar-refractivity contribution in [3.8, 4) is 5.75 Å². The Labute approximate surface area is 120 Å². The second-order valence-corrected chi connectivity index (χ2v) is 6.17. The first-order valence-electron chi connectivity index (χ1n) is 6.76. The first-order chi connectivity index (χ1) is 9.24. The van der Waals surface area contributed by atoms with Gasteiger partial charge in [-0.3, -0.25) is 0 Å². The second kappa shape index (κ2) is 7.01. The zero-order valence-electron chi connectivity index (χ0n) is 11.7. The minimum atomic E-state index is 0.386. The smallest absolute Gasteiger partial charge is 0.132 e. The maximum atomic E-state index is 5.59. The lowest BCUT2D eigenvalue weighted by Crippen LogP contribution is -2.25. The number of hydrogen-bond acceptors (Lipinski definition) is 3. The maximum absolute atomic E-state index is 5.59. The molecule has 0 spiro atoms. The van der Waals surface area contributed by atoms with Crippen LogP contribution >= 0.6 is 11.8 Å². The number of ether oxygens (including phenoxy) is 2. The number of benzene rings is 1. The van der Waals surface area contributed by atoms with Crippen LogP contribution in [-0.2, 0) is 4.74 Å². The zero-order valence-corrected chi connectivity index (χ0v) is 12.5. The summed E-state index contributed by atoms with van der Waals surface area (Å²) in [5, 5.41) is 0.386. The van der Waals surface area contributed by atoms with Crippen LogP contribution in [0.3, 0.4) is 0 Å². The fraction of sp³-hybridized carbons (Fsp3) is 0.500. The van der Waals surface area contributed by atoms with Crippen LogP contribution in [0.1, 0.15) is 18.4 Å². The molecular weight excluding hydrogens is 256 g/mol. The van der Waals surface area contributed by atoms with Gasteiger partial charge in [0.2, 0.25) is 0 Å². The molecule has 0 amide bonds. The molecule has 1 aromatic carbocycles. The summed E-state index contributed by atoms with van der Waals surface area (Å²) in [6.45, 7) is 7.82. The third-order valence-electron chi connectivity index (χ3n) is 3.47. The summed E-state index contributed by atoms with van der Waals surface area (Å²) < 4.78 is 11.1. The number of rotatable bonds is 5. The Balaban J connectivity index is 2.11. The lowest BCUT2D eigenvalue weighted by Gasteiger charge is -2.28. The van der Waals surface area contributed by atoms with Crippen LogP contribution < -0.4 is 4.74 Å². The largest absolute Gasteiger partial charge is 0.496 e. The van der Waals surface area contributed by atoms with Gasteiger partial charge in [0, 0.05) is 16.8 Å². The molecule has 1 fully saturated rings. The van der Waals surface area contributed by atoms with Crippen LogP contribution in [0.2, 0.25) is 0 Å². The van der Waals surface area contributed by atoms with Crippen molar-refractivity contribution in [2.45, 2.75) is 29.9 Å². The van der Waals surface area contributed by atoms with Crippen molar-refractivity contribution in [2.24, 2.45) is 5.92 Å². The average molecular weight is 278 g/mol. The van der Waals surface area contributed by atoms with Crippen LogP contribution in [0.15, 0.2) is 35.7 Å². The van der Waals surface area contributed by atoms with E-state index in [1.165, 1.54) is 16.9 Å². The first kappa shape index (κ1) is 14.5. The number of thioether (sulfide) groups is 1. The SMILES string of the molecule is C=CC(Sc1ccc(C)cc1OC)C1CCCOC1. The van der Waals surface area contributed by atoms with Crippen LogP contribution in [-0.4, -0.2) is 25.6 Å². The Morgan fingerprint density at radius 1 is 1.53 bits per heavy atom. The van der Waals surface area contributed by atoms with E-state index in [1.54, 1.807) is 7.11 Å². The van der Waals surface area contributed by atoms with Crippen molar-refractivity contribution in [2.75, 3.05) is 20.3 Å². The van der Waals surface area contributed by atoms with Crippen LogP contribution in [0.5, 0.6) is 5.75 Å². The summed E-state index contributed by atoms with van der Waals surface area (Å²) in [6, 6.07) is 6.35. The summed E-state index contributed by atoms with van der Waals surface area (Å²) in [5.74, 6) is 1.51. The fourth-order valence-corrected chi connectivity index (χ4v) is 3.58. The number of hydrogen-bond donors (Lipinski definition) is 0. The summed E-state index contributed by atoms with van der Waals surface area (Å²) in [6.07, 6.45) is 4.42. The van der Waals surface area contributed by atoms with Crippen molar-refractivity contribution in [1.82, 2.24) is 0 Å². The molecule has 1 aromatic rings. The normalized spacial score (nSPS) is 20.8. The van der Waals surface area contributed by atoms with Gasteiger partial charge in [0.1, 0.15) is 5.75 Å². The molecule has 104 valence electrons. The topological polar surface area (TPSA) is 18.5 Å². The summed E-state index contributed by atoms with van der Waals surface area (Å²) in [5.41, 5.74) is 1.22. The van der Waals surface area contributed by atoms with Gasteiger partial charge in [0.15, 0.2) is 0 Å². The predicted molar refractivity (Wildman–Crippen MR) is 81.1 cm³/mol. The molecule has 0 bridgehead atoms. The van der Waals surface area contributed by atoms with E-state index in [9.17, 15) is 0 Å². The minimum Gasteiger partial charge on any atom is -0.496 e. The Kier molecular flexibility index (Phi) is 5.34. The summed E-state index contributed by atoms with van der Waals surface area (Å²) in [4.78, 5) is 1.18. The molecule has 2 unspecified atom stereocenters. The standard InChI is InChI=1S/C16H22O2S/c1-4-15(13-6-5-9-18-11-13)19-16-8-7-12(2)10-14(16)17-3/h4,7-8,10,13,15H,1,5-6,9,11H2,2-3H3. The van der Waals surface area contributed by atoms with E-state index < -0.39 is 0 Å². The molecule has 1 saturated heterocycles. The Hall–Kier alpha value is -0.930. The fourth-order valence-electron chi connectivity index (χ4n) is 2.38. The number of aryl methyl sites for hydroxylation is 1. The summed E-state index contributed by atoms with van der Waals surface area (Å²) >= 11 is 1.83. The second-order valence-electron chi connectivity index (χ2n) is 4.95. The Bertz CT molecular complexity index is 425. The Morgan fingerprint density at radius 3 is 3.00 bits per heavy atom. The van der Waals surface area contributed by atoms with E-state index in [1.807, 2.05) is 17.8 Å². The van der Waals surface area contributed by atoms with Gasteiger partial charge in [0.05, 0.1) is 13.7 Å². The molecule has 0 aliphatic carbocycles. The van der Waals surface area contributed by atoms with Gasteiger partial charge >= 0.3 is 0 Å². The first-order valence-corrected chi connectivity index (χ1v) is 7.64. The predicted octanol–water partition coefficient (Wildman–Crippen LogP) is 4.08. The van der Waals surface area contributed by atoms with Gasteiger partial charge in [-0.2, -0.15) is 0 Å². The highest BCUT2D eigenvalue weighted by Crippen LogP contribution is 2.38. The van der Waals surface area contributed by atoms with Crippen molar-refractivity contribution >= 4 is 11.8 Å². The third kappa shape index (κ3) is 3.77. The molecule has 1 aliphatic heterocycles. The highest BCUT2D eigenvalue weighted by Gasteiger charge is 2.23. The van der Waals surface area contributed by atoms with E-state index in [4.69, 9.17) is 9.47 Å². The molecule has 0 saturated carbocycles. The van der Waals surface area contributed by atoms with E-state index >= 15 is 0 Å². The van der Waals surface area contributed by atoms with E-state index in [2.05, 4.69) is 31.7 Å². The minimum absolute atomic E-state index is 0.386. The molecule has 0 radical (unpaired) electrons. The van der Waals surface area contributed by atoms with Crippen molar-refractivity contribution in [3.63, 3.8) is 0 Å². The number of methoxy groups -OCH3 is 1. The molecule has 0 aromatic heterocycles. The molecule has 2 rings (SSSR count). The van der Waals surface area contributed by atoms with E-state index in [-0.39, 0.29) is 0 Å². The van der Waals surface area contributed by atoms with E-state index in [0.717, 1.165) is 25.4 Å². The monoisotopic (exact) mass is 278 g/mol. The van der Waals surface area contributed by atoms with Gasteiger partial charge in [0.25, 0.3) is 0 Å². The van der Waals surface area contributed by atoms with Crippen molar-refractivity contribution in [1.29, 1.82) is 0 Å². The lowest BCUT2D eigenvalue weighted by atomic mass is 9.98. The van der Waals surface area contributed by atoms with Crippen LogP contribution in [0.4, 0.5) is 0 Å². The zero-order chi connectivity index (χ0) is 13.7. The van der Waals surface area contributed by atoms with Crippen molar-refractivity contribution in [3.05, 3.63) is 36.4 Å². The Morgan fingerprint density at radius 2 is 2.37 bits per heavy atom.